The van der Waals surface area contributed by atoms with E-state index in [0.29, 0.717) is 21.9 Å². The molecule has 0 saturated carbocycles. The van der Waals surface area contributed by atoms with Gasteiger partial charge in [0, 0.05) is 33.5 Å². The van der Waals surface area contributed by atoms with Crippen molar-refractivity contribution in [2.45, 2.75) is 19.3 Å². The summed E-state index contributed by atoms with van der Waals surface area (Å²) < 4.78 is 8.93. The Hall–Kier alpha value is -5.41. The van der Waals surface area contributed by atoms with Gasteiger partial charge in [-0.15, -0.1) is 0 Å². The molecule has 0 radical (unpaired) electrons. The van der Waals surface area contributed by atoms with Crippen LogP contribution in [0.2, 0.25) is 0 Å². The number of aromatic nitrogens is 1. The third kappa shape index (κ3) is 3.28. The van der Waals surface area contributed by atoms with E-state index in [1.54, 1.807) is 0 Å². The molecule has 2 aromatic heterocycles. The van der Waals surface area contributed by atoms with E-state index in [1.165, 1.54) is 33.0 Å². The zero-order chi connectivity index (χ0) is 28.9. The first-order valence-corrected chi connectivity index (χ1v) is 14.7. The predicted octanol–water partition coefficient (Wildman–Crippen LogP) is 10.0. The average Bonchev–Trinajstić information content (AvgIpc) is 3.48. The highest BCUT2D eigenvalue weighted by Crippen LogP contribution is 2.51. The minimum absolute atomic E-state index is 0.0138. The first-order valence-electron chi connectivity index (χ1n) is 14.7. The largest absolute Gasteiger partial charge is 0.455 e. The molecule has 0 N–H and O–H groups in total. The first-order chi connectivity index (χ1) is 21.0. The van der Waals surface area contributed by atoms with Gasteiger partial charge in [-0.25, -0.2) is 0 Å². The van der Waals surface area contributed by atoms with Crippen molar-refractivity contribution >= 4 is 43.7 Å². The zero-order valence-electron chi connectivity index (χ0n) is 23.9. The van der Waals surface area contributed by atoms with Gasteiger partial charge in [0.15, 0.2) is 0 Å². The van der Waals surface area contributed by atoms with Crippen LogP contribution in [0.1, 0.15) is 25.0 Å². The van der Waals surface area contributed by atoms with E-state index in [9.17, 15) is 4.79 Å². The van der Waals surface area contributed by atoms with E-state index >= 15 is 0 Å². The molecule has 0 saturated heterocycles. The summed E-state index contributed by atoms with van der Waals surface area (Å²) in [7, 11) is 0. The molecule has 204 valence electrons. The fraction of sp³-hybridized carbons (Fsp3) is 0.0750. The van der Waals surface area contributed by atoms with Gasteiger partial charge < -0.3 is 8.98 Å². The fourth-order valence-corrected chi connectivity index (χ4v) is 7.29. The van der Waals surface area contributed by atoms with Crippen LogP contribution in [-0.2, 0) is 5.41 Å². The number of rotatable bonds is 2. The number of para-hydroxylation sites is 2. The van der Waals surface area contributed by atoms with Crippen LogP contribution in [0.15, 0.2) is 137 Å². The van der Waals surface area contributed by atoms with Crippen LogP contribution >= 0.6 is 0 Å². The third-order valence-corrected chi connectivity index (χ3v) is 9.40. The molecule has 9 rings (SSSR count). The van der Waals surface area contributed by atoms with Gasteiger partial charge in [-0.2, -0.15) is 0 Å². The first kappa shape index (κ1) is 24.2. The van der Waals surface area contributed by atoms with E-state index in [-0.39, 0.29) is 10.8 Å². The Morgan fingerprint density at radius 3 is 2.19 bits per heavy atom. The zero-order valence-corrected chi connectivity index (χ0v) is 23.9. The Balaban J connectivity index is 1.34. The minimum atomic E-state index is -0.107. The van der Waals surface area contributed by atoms with Crippen molar-refractivity contribution < 1.29 is 4.42 Å². The third-order valence-electron chi connectivity index (χ3n) is 9.40. The normalized spacial score (nSPS) is 13.6. The van der Waals surface area contributed by atoms with Crippen LogP contribution in [0.25, 0.3) is 71.7 Å². The van der Waals surface area contributed by atoms with Crippen molar-refractivity contribution in [1.29, 1.82) is 0 Å². The standard InChI is InChI=1S/C40H27NO2/c1-40(2)33-17-8-6-13-27(33)31-22-32-28-14-7-9-18-35(28)41(36(32)23-34(31)40)25-19-20-29-37(21-25)43-39-26(24-11-4-3-5-12-24)15-10-16-30(39)38(29)42/h3-23H,1-2H3. The molecule has 1 aliphatic carbocycles. The molecule has 0 unspecified atom stereocenters. The fourth-order valence-electron chi connectivity index (χ4n) is 7.29. The summed E-state index contributed by atoms with van der Waals surface area (Å²) in [4.78, 5) is 13.7. The van der Waals surface area contributed by atoms with Crippen LogP contribution in [0.4, 0.5) is 0 Å². The summed E-state index contributed by atoms with van der Waals surface area (Å²) in [5, 5.41) is 3.60. The molecule has 8 aromatic rings. The highest BCUT2D eigenvalue weighted by Gasteiger charge is 2.36. The molecule has 0 amide bonds. The highest BCUT2D eigenvalue weighted by atomic mass is 16.3. The smallest absolute Gasteiger partial charge is 0.200 e. The molecule has 3 nitrogen and oxygen atoms in total. The summed E-state index contributed by atoms with van der Waals surface area (Å²) in [6.45, 7) is 4.63. The number of hydrogen-bond donors (Lipinski definition) is 0. The Morgan fingerprint density at radius 1 is 0.558 bits per heavy atom. The highest BCUT2D eigenvalue weighted by molar-refractivity contribution is 6.12. The Labute approximate surface area is 248 Å². The average molecular weight is 554 g/mol. The molecule has 1 aliphatic rings. The van der Waals surface area contributed by atoms with Gasteiger partial charge in [0.2, 0.25) is 5.43 Å². The second kappa shape index (κ2) is 8.56. The molecular weight excluding hydrogens is 526 g/mol. The topological polar surface area (TPSA) is 35.1 Å². The Kier molecular flexibility index (Phi) is 4.82. The summed E-state index contributed by atoms with van der Waals surface area (Å²) in [5.74, 6) is 0. The van der Waals surface area contributed by atoms with E-state index in [0.717, 1.165) is 27.8 Å². The molecule has 2 heterocycles. The van der Waals surface area contributed by atoms with E-state index in [1.807, 2.05) is 66.7 Å². The lowest BCUT2D eigenvalue weighted by Crippen LogP contribution is -2.15. The molecule has 6 aromatic carbocycles. The second-order valence-electron chi connectivity index (χ2n) is 12.1. The van der Waals surface area contributed by atoms with Crippen molar-refractivity contribution in [2.75, 3.05) is 0 Å². The molecule has 43 heavy (non-hydrogen) atoms. The maximum absolute atomic E-state index is 13.7. The molecule has 0 aliphatic heterocycles. The van der Waals surface area contributed by atoms with Gasteiger partial charge in [0.05, 0.1) is 21.8 Å². The SMILES string of the molecule is CC1(C)c2ccccc2-c2cc3c4ccccc4n(-c4ccc5c(=O)c6cccc(-c7ccccc7)c6oc5c4)c3cc21. The molecule has 0 bridgehead atoms. The predicted molar refractivity (Wildman–Crippen MR) is 177 cm³/mol. The Morgan fingerprint density at radius 2 is 1.30 bits per heavy atom. The second-order valence-corrected chi connectivity index (χ2v) is 12.1. The molecule has 3 heteroatoms. The van der Waals surface area contributed by atoms with Gasteiger partial charge in [-0.05, 0) is 64.2 Å². The van der Waals surface area contributed by atoms with Crippen molar-refractivity contribution in [3.05, 3.63) is 149 Å². The summed E-state index contributed by atoms with van der Waals surface area (Å²) in [5.41, 5.74) is 11.6. The van der Waals surface area contributed by atoms with Crippen LogP contribution < -0.4 is 5.43 Å². The van der Waals surface area contributed by atoms with Gasteiger partial charge in [0.25, 0.3) is 0 Å². The van der Waals surface area contributed by atoms with Gasteiger partial charge in [-0.3, -0.25) is 4.79 Å². The van der Waals surface area contributed by atoms with E-state index in [4.69, 9.17) is 4.42 Å². The minimum Gasteiger partial charge on any atom is -0.455 e. The van der Waals surface area contributed by atoms with Gasteiger partial charge in [-0.1, -0.05) is 98.8 Å². The van der Waals surface area contributed by atoms with E-state index in [2.05, 4.69) is 79.1 Å². The van der Waals surface area contributed by atoms with Crippen LogP contribution in [0.3, 0.4) is 0 Å². The van der Waals surface area contributed by atoms with Crippen molar-refractivity contribution in [3.63, 3.8) is 0 Å². The lowest BCUT2D eigenvalue weighted by Gasteiger charge is -2.21. The maximum atomic E-state index is 13.7. The summed E-state index contributed by atoms with van der Waals surface area (Å²) in [6, 6.07) is 44.0. The number of fused-ring (bicyclic) bond motifs is 8. The van der Waals surface area contributed by atoms with Crippen LogP contribution in [0, 0.1) is 0 Å². The van der Waals surface area contributed by atoms with E-state index < -0.39 is 0 Å². The quantitative estimate of drug-likeness (QED) is 0.200. The number of benzene rings is 6. The van der Waals surface area contributed by atoms with Crippen molar-refractivity contribution in [1.82, 2.24) is 4.57 Å². The molecule has 0 atom stereocenters. The van der Waals surface area contributed by atoms with Gasteiger partial charge in [0.1, 0.15) is 11.2 Å². The molecule has 0 fully saturated rings. The van der Waals surface area contributed by atoms with Gasteiger partial charge >= 0.3 is 0 Å². The summed E-state index contributed by atoms with van der Waals surface area (Å²) >= 11 is 0. The van der Waals surface area contributed by atoms with Crippen LogP contribution in [-0.4, -0.2) is 4.57 Å². The number of hydrogen-bond acceptors (Lipinski definition) is 2. The Bertz CT molecular complexity index is 2500. The lowest BCUT2D eigenvalue weighted by molar-refractivity contribution is 0.660. The molecular formula is C40H27NO2. The summed E-state index contributed by atoms with van der Waals surface area (Å²) in [6.07, 6.45) is 0. The van der Waals surface area contributed by atoms with Crippen LogP contribution in [0.5, 0.6) is 0 Å². The lowest BCUT2D eigenvalue weighted by atomic mass is 9.82. The maximum Gasteiger partial charge on any atom is 0.200 e. The monoisotopic (exact) mass is 553 g/mol. The molecule has 0 spiro atoms. The number of nitrogens with zero attached hydrogens (tertiary/aromatic N) is 1. The van der Waals surface area contributed by atoms with Crippen molar-refractivity contribution in [2.24, 2.45) is 0 Å². The van der Waals surface area contributed by atoms with Crippen molar-refractivity contribution in [3.8, 4) is 27.9 Å².